The van der Waals surface area contributed by atoms with E-state index in [-0.39, 0.29) is 6.42 Å². The number of aryl methyl sites for hydroxylation is 1. The van der Waals surface area contributed by atoms with Gasteiger partial charge in [-0.3, -0.25) is 9.78 Å². The van der Waals surface area contributed by atoms with E-state index in [2.05, 4.69) is 20.3 Å². The Morgan fingerprint density at radius 1 is 1.24 bits per heavy atom. The van der Waals surface area contributed by atoms with Gasteiger partial charge in [0.15, 0.2) is 5.82 Å². The molecule has 2 N–H and O–H groups in total. The molecule has 0 aromatic carbocycles. The second-order valence-electron chi connectivity index (χ2n) is 4.77. The number of nitrogens with zero attached hydrogens (tertiary/aromatic N) is 3. The Hall–Kier alpha value is -2.50. The predicted octanol–water partition coefficient (Wildman–Crippen LogP) is 2.43. The average molecular weight is 286 g/mol. The molecular formula is C15H18N4O2. The van der Waals surface area contributed by atoms with Crippen LogP contribution >= 0.6 is 0 Å². The van der Waals surface area contributed by atoms with Crippen LogP contribution in [0.2, 0.25) is 0 Å². The number of hydrogen-bond donors (Lipinski definition) is 2. The fraction of sp³-hybridized carbons (Fsp3) is 0.333. The largest absolute Gasteiger partial charge is 0.481 e. The molecule has 0 saturated carbocycles. The highest BCUT2D eigenvalue weighted by Gasteiger charge is 2.09. The number of aromatic nitrogens is 3. The first-order valence-corrected chi connectivity index (χ1v) is 6.79. The summed E-state index contributed by atoms with van der Waals surface area (Å²) in [5.41, 5.74) is 2.78. The first-order chi connectivity index (χ1) is 10.1. The van der Waals surface area contributed by atoms with Gasteiger partial charge in [-0.2, -0.15) is 0 Å². The fourth-order valence-corrected chi connectivity index (χ4v) is 1.88. The van der Waals surface area contributed by atoms with Gasteiger partial charge in [-0.1, -0.05) is 0 Å². The molecule has 110 valence electrons. The Kier molecular flexibility index (Phi) is 4.81. The summed E-state index contributed by atoms with van der Waals surface area (Å²) in [7, 11) is 0. The van der Waals surface area contributed by atoms with Crippen molar-refractivity contribution in [3.05, 3.63) is 35.8 Å². The van der Waals surface area contributed by atoms with Crippen molar-refractivity contribution in [3.63, 3.8) is 0 Å². The summed E-state index contributed by atoms with van der Waals surface area (Å²) in [6.07, 6.45) is 4.11. The molecule has 0 radical (unpaired) electrons. The van der Waals surface area contributed by atoms with Gasteiger partial charge in [-0.25, -0.2) is 9.97 Å². The van der Waals surface area contributed by atoms with Crippen LogP contribution in [0.25, 0.3) is 11.4 Å². The third kappa shape index (κ3) is 3.98. The Balaban J connectivity index is 2.17. The first kappa shape index (κ1) is 14.9. The van der Waals surface area contributed by atoms with Gasteiger partial charge in [0.2, 0.25) is 0 Å². The van der Waals surface area contributed by atoms with Gasteiger partial charge in [0.1, 0.15) is 5.82 Å². The summed E-state index contributed by atoms with van der Waals surface area (Å²) in [6, 6.07) is 3.72. The normalized spacial score (nSPS) is 10.4. The molecule has 0 atom stereocenters. The zero-order valence-electron chi connectivity index (χ0n) is 12.1. The van der Waals surface area contributed by atoms with Crippen LogP contribution in [-0.2, 0) is 4.79 Å². The highest BCUT2D eigenvalue weighted by Crippen LogP contribution is 2.21. The molecule has 21 heavy (non-hydrogen) atoms. The lowest BCUT2D eigenvalue weighted by Gasteiger charge is -2.12. The quantitative estimate of drug-likeness (QED) is 0.793. The maximum Gasteiger partial charge on any atom is 0.303 e. The standard InChI is InChI=1S/C15H18N4O2/c1-10-11(2)18-15(12-5-8-16-9-6-12)19-14(10)17-7-3-4-13(20)21/h5-6,8-9H,3-4,7H2,1-2H3,(H,20,21)(H,17,18,19). The van der Waals surface area contributed by atoms with Crippen LogP contribution in [0.5, 0.6) is 0 Å². The zero-order chi connectivity index (χ0) is 15.2. The molecule has 6 heteroatoms. The SMILES string of the molecule is Cc1nc(-c2ccncc2)nc(NCCCC(=O)O)c1C. The van der Waals surface area contributed by atoms with Crippen molar-refractivity contribution in [1.82, 2.24) is 15.0 Å². The van der Waals surface area contributed by atoms with Gasteiger partial charge in [0.25, 0.3) is 0 Å². The molecule has 0 aliphatic heterocycles. The van der Waals surface area contributed by atoms with E-state index in [4.69, 9.17) is 5.11 Å². The minimum absolute atomic E-state index is 0.146. The van der Waals surface area contributed by atoms with Crippen molar-refractivity contribution in [2.45, 2.75) is 26.7 Å². The molecule has 2 aromatic rings. The Labute approximate surface area is 123 Å². The summed E-state index contributed by atoms with van der Waals surface area (Å²) in [6.45, 7) is 4.45. The summed E-state index contributed by atoms with van der Waals surface area (Å²) < 4.78 is 0. The van der Waals surface area contributed by atoms with Crippen LogP contribution in [0.3, 0.4) is 0 Å². The molecule has 0 saturated heterocycles. The topological polar surface area (TPSA) is 88.0 Å². The van der Waals surface area contributed by atoms with E-state index in [1.54, 1.807) is 12.4 Å². The first-order valence-electron chi connectivity index (χ1n) is 6.79. The highest BCUT2D eigenvalue weighted by atomic mass is 16.4. The molecule has 0 spiro atoms. The number of rotatable bonds is 6. The van der Waals surface area contributed by atoms with Crippen LogP contribution in [0.15, 0.2) is 24.5 Å². The summed E-state index contributed by atoms with van der Waals surface area (Å²) in [5, 5.41) is 11.8. The Morgan fingerprint density at radius 3 is 2.62 bits per heavy atom. The minimum Gasteiger partial charge on any atom is -0.481 e. The van der Waals surface area contributed by atoms with Gasteiger partial charge in [0.05, 0.1) is 0 Å². The van der Waals surface area contributed by atoms with E-state index in [1.807, 2.05) is 26.0 Å². The number of carboxylic acid groups (broad SMARTS) is 1. The van der Waals surface area contributed by atoms with Crippen molar-refractivity contribution in [2.24, 2.45) is 0 Å². The van der Waals surface area contributed by atoms with Crippen LogP contribution in [0, 0.1) is 13.8 Å². The van der Waals surface area contributed by atoms with Gasteiger partial charge < -0.3 is 10.4 Å². The van der Waals surface area contributed by atoms with Crippen LogP contribution in [-0.4, -0.2) is 32.6 Å². The predicted molar refractivity (Wildman–Crippen MR) is 80.1 cm³/mol. The summed E-state index contributed by atoms with van der Waals surface area (Å²) in [4.78, 5) is 23.5. The van der Waals surface area contributed by atoms with E-state index < -0.39 is 5.97 Å². The molecule has 2 rings (SSSR count). The molecule has 0 fully saturated rings. The third-order valence-corrected chi connectivity index (χ3v) is 3.19. The van der Waals surface area contributed by atoms with E-state index in [0.29, 0.717) is 18.8 Å². The zero-order valence-corrected chi connectivity index (χ0v) is 12.1. The van der Waals surface area contributed by atoms with E-state index in [9.17, 15) is 4.79 Å². The van der Waals surface area contributed by atoms with Crippen LogP contribution in [0.4, 0.5) is 5.82 Å². The minimum atomic E-state index is -0.787. The number of nitrogens with one attached hydrogen (secondary N) is 1. The molecule has 0 aliphatic rings. The number of carboxylic acids is 1. The van der Waals surface area contributed by atoms with Crippen molar-refractivity contribution >= 4 is 11.8 Å². The smallest absolute Gasteiger partial charge is 0.303 e. The van der Waals surface area contributed by atoms with E-state index in [1.165, 1.54) is 0 Å². The lowest BCUT2D eigenvalue weighted by molar-refractivity contribution is -0.137. The third-order valence-electron chi connectivity index (χ3n) is 3.19. The van der Waals surface area contributed by atoms with Gasteiger partial charge in [0, 0.05) is 42.2 Å². The molecule has 0 unspecified atom stereocenters. The maximum atomic E-state index is 10.5. The number of aliphatic carboxylic acids is 1. The van der Waals surface area contributed by atoms with Crippen LogP contribution < -0.4 is 5.32 Å². The summed E-state index contributed by atoms with van der Waals surface area (Å²) >= 11 is 0. The molecule has 0 amide bonds. The number of anilines is 1. The van der Waals surface area contributed by atoms with Crippen molar-refractivity contribution in [3.8, 4) is 11.4 Å². The van der Waals surface area contributed by atoms with Crippen molar-refractivity contribution in [1.29, 1.82) is 0 Å². The fourth-order valence-electron chi connectivity index (χ4n) is 1.88. The molecule has 2 aromatic heterocycles. The van der Waals surface area contributed by atoms with Crippen LogP contribution in [0.1, 0.15) is 24.1 Å². The maximum absolute atomic E-state index is 10.5. The van der Waals surface area contributed by atoms with Crippen molar-refractivity contribution < 1.29 is 9.90 Å². The molecule has 0 aliphatic carbocycles. The lowest BCUT2D eigenvalue weighted by atomic mass is 10.2. The highest BCUT2D eigenvalue weighted by molar-refractivity contribution is 5.66. The molecular weight excluding hydrogens is 268 g/mol. The number of carbonyl (C=O) groups is 1. The Bertz CT molecular complexity index is 629. The molecule has 6 nitrogen and oxygen atoms in total. The monoisotopic (exact) mass is 286 g/mol. The van der Waals surface area contributed by atoms with E-state index >= 15 is 0 Å². The van der Waals surface area contributed by atoms with Gasteiger partial charge >= 0.3 is 5.97 Å². The number of hydrogen-bond acceptors (Lipinski definition) is 5. The average Bonchev–Trinajstić information content (AvgIpc) is 2.48. The van der Waals surface area contributed by atoms with E-state index in [0.717, 1.165) is 22.6 Å². The molecule has 0 bridgehead atoms. The van der Waals surface area contributed by atoms with Crippen molar-refractivity contribution in [2.75, 3.05) is 11.9 Å². The Morgan fingerprint density at radius 2 is 1.95 bits per heavy atom. The lowest BCUT2D eigenvalue weighted by Crippen LogP contribution is -2.09. The summed E-state index contributed by atoms with van der Waals surface area (Å²) in [5.74, 6) is 0.603. The second kappa shape index (κ2) is 6.78. The molecule has 2 heterocycles. The van der Waals surface area contributed by atoms with Gasteiger partial charge in [-0.15, -0.1) is 0 Å². The number of pyridine rings is 1. The second-order valence-corrected chi connectivity index (χ2v) is 4.77. The van der Waals surface area contributed by atoms with Gasteiger partial charge in [-0.05, 0) is 32.4 Å².